The molecule has 0 bridgehead atoms. The summed E-state index contributed by atoms with van der Waals surface area (Å²) >= 11 is 2.11. The first-order chi connectivity index (χ1) is 9.76. The minimum Gasteiger partial charge on any atom is -0.454 e. The smallest absolute Gasteiger partial charge is 0.231 e. The molecule has 3 atom stereocenters. The van der Waals surface area contributed by atoms with Gasteiger partial charge in [0.1, 0.15) is 0 Å². The van der Waals surface area contributed by atoms with Crippen LogP contribution >= 0.6 is 11.8 Å². The number of ether oxygens (including phenoxy) is 2. The third-order valence-electron chi connectivity index (χ3n) is 4.17. The van der Waals surface area contributed by atoms with Crippen molar-refractivity contribution in [3.8, 4) is 11.5 Å². The van der Waals surface area contributed by atoms with Crippen LogP contribution in [0.1, 0.15) is 44.7 Å². The zero-order valence-electron chi connectivity index (χ0n) is 12.2. The summed E-state index contributed by atoms with van der Waals surface area (Å²) in [6.07, 6.45) is 3.95. The van der Waals surface area contributed by atoms with E-state index in [9.17, 15) is 0 Å². The van der Waals surface area contributed by atoms with Crippen LogP contribution in [0.25, 0.3) is 0 Å². The van der Waals surface area contributed by atoms with Crippen molar-refractivity contribution in [2.75, 3.05) is 12.5 Å². The van der Waals surface area contributed by atoms with Crippen LogP contribution in [0, 0.1) is 0 Å². The van der Waals surface area contributed by atoms with E-state index in [1.54, 1.807) is 0 Å². The molecule has 3 nitrogen and oxygen atoms in total. The van der Waals surface area contributed by atoms with E-state index in [0.29, 0.717) is 18.9 Å². The number of hydrogen-bond acceptors (Lipinski definition) is 4. The van der Waals surface area contributed by atoms with Gasteiger partial charge in [-0.3, -0.25) is 0 Å². The van der Waals surface area contributed by atoms with Crippen LogP contribution in [0.3, 0.4) is 0 Å². The molecule has 0 radical (unpaired) electrons. The van der Waals surface area contributed by atoms with Crippen molar-refractivity contribution in [1.82, 2.24) is 5.32 Å². The summed E-state index contributed by atoms with van der Waals surface area (Å²) in [5, 5.41) is 4.61. The Balaban J connectivity index is 1.58. The SMILES string of the molecule is CCSC1CCC(NC(C)c2ccc3c(c2)OCO3)C1. The zero-order chi connectivity index (χ0) is 13.9. The number of hydrogen-bond donors (Lipinski definition) is 1. The molecule has 1 saturated carbocycles. The first-order valence-electron chi connectivity index (χ1n) is 7.53. The van der Waals surface area contributed by atoms with Gasteiger partial charge in [-0.25, -0.2) is 0 Å². The van der Waals surface area contributed by atoms with Gasteiger partial charge in [-0.05, 0) is 49.6 Å². The molecule has 3 unspecified atom stereocenters. The summed E-state index contributed by atoms with van der Waals surface area (Å²) in [5.41, 5.74) is 1.28. The summed E-state index contributed by atoms with van der Waals surface area (Å²) < 4.78 is 10.8. The van der Waals surface area contributed by atoms with Crippen molar-refractivity contribution in [1.29, 1.82) is 0 Å². The Morgan fingerprint density at radius 1 is 1.30 bits per heavy atom. The molecule has 0 saturated heterocycles. The van der Waals surface area contributed by atoms with Gasteiger partial charge in [0.15, 0.2) is 11.5 Å². The second kappa shape index (κ2) is 6.27. The summed E-state index contributed by atoms with van der Waals surface area (Å²) in [7, 11) is 0. The molecule has 0 spiro atoms. The summed E-state index contributed by atoms with van der Waals surface area (Å²) in [5.74, 6) is 2.97. The van der Waals surface area contributed by atoms with E-state index in [1.165, 1.54) is 30.6 Å². The first kappa shape index (κ1) is 14.1. The van der Waals surface area contributed by atoms with Crippen molar-refractivity contribution in [2.45, 2.75) is 50.4 Å². The van der Waals surface area contributed by atoms with Crippen molar-refractivity contribution in [3.63, 3.8) is 0 Å². The first-order valence-corrected chi connectivity index (χ1v) is 8.58. The number of thioether (sulfide) groups is 1. The molecule has 1 aromatic rings. The third kappa shape index (κ3) is 3.07. The molecule has 2 aliphatic rings. The molecular formula is C16H23NO2S. The number of benzene rings is 1. The van der Waals surface area contributed by atoms with Crippen LogP contribution < -0.4 is 14.8 Å². The standard InChI is InChI=1S/C16H23NO2S/c1-3-20-14-6-5-13(9-14)17-11(2)12-4-7-15-16(8-12)19-10-18-15/h4,7-8,11,13-14,17H,3,5-6,9-10H2,1-2H3. The van der Waals surface area contributed by atoms with Crippen LogP contribution in [0.2, 0.25) is 0 Å². The third-order valence-corrected chi connectivity index (χ3v) is 5.40. The van der Waals surface area contributed by atoms with E-state index in [2.05, 4.69) is 43.1 Å². The predicted octanol–water partition coefficient (Wildman–Crippen LogP) is 3.74. The lowest BCUT2D eigenvalue weighted by Crippen LogP contribution is -2.29. The fourth-order valence-electron chi connectivity index (χ4n) is 3.11. The Morgan fingerprint density at radius 2 is 2.15 bits per heavy atom. The fraction of sp³-hybridized carbons (Fsp3) is 0.625. The molecule has 1 aliphatic carbocycles. The van der Waals surface area contributed by atoms with Crippen molar-refractivity contribution in [2.24, 2.45) is 0 Å². The molecule has 0 aromatic heterocycles. The van der Waals surface area contributed by atoms with Gasteiger partial charge in [0.25, 0.3) is 0 Å². The lowest BCUT2D eigenvalue weighted by molar-refractivity contribution is 0.174. The normalized spacial score (nSPS) is 25.9. The highest BCUT2D eigenvalue weighted by Crippen LogP contribution is 2.35. The summed E-state index contributed by atoms with van der Waals surface area (Å²) in [4.78, 5) is 0. The maximum absolute atomic E-state index is 5.45. The molecule has 1 heterocycles. The van der Waals surface area contributed by atoms with Gasteiger partial charge in [-0.1, -0.05) is 13.0 Å². The molecule has 110 valence electrons. The highest BCUT2D eigenvalue weighted by Gasteiger charge is 2.26. The number of fused-ring (bicyclic) bond motifs is 1. The Morgan fingerprint density at radius 3 is 3.00 bits per heavy atom. The fourth-order valence-corrected chi connectivity index (χ4v) is 4.25. The van der Waals surface area contributed by atoms with Gasteiger partial charge < -0.3 is 14.8 Å². The van der Waals surface area contributed by atoms with Crippen LogP contribution in [0.4, 0.5) is 0 Å². The molecular weight excluding hydrogens is 270 g/mol. The number of rotatable bonds is 5. The second-order valence-corrected chi connectivity index (χ2v) is 7.17. The minimum absolute atomic E-state index is 0.346. The van der Waals surface area contributed by atoms with Gasteiger partial charge in [-0.2, -0.15) is 11.8 Å². The van der Waals surface area contributed by atoms with E-state index in [4.69, 9.17) is 9.47 Å². The van der Waals surface area contributed by atoms with Gasteiger partial charge in [0.05, 0.1) is 0 Å². The van der Waals surface area contributed by atoms with Gasteiger partial charge in [0.2, 0.25) is 6.79 Å². The predicted molar refractivity (Wildman–Crippen MR) is 83.7 cm³/mol. The van der Waals surface area contributed by atoms with Crippen molar-refractivity contribution in [3.05, 3.63) is 23.8 Å². The summed E-state index contributed by atoms with van der Waals surface area (Å²) in [6.45, 7) is 4.83. The van der Waals surface area contributed by atoms with Crippen molar-refractivity contribution >= 4 is 11.8 Å². The van der Waals surface area contributed by atoms with Crippen LogP contribution in [-0.4, -0.2) is 23.8 Å². The van der Waals surface area contributed by atoms with Gasteiger partial charge >= 0.3 is 0 Å². The van der Waals surface area contributed by atoms with Crippen LogP contribution in [0.5, 0.6) is 11.5 Å². The maximum atomic E-state index is 5.45. The zero-order valence-corrected chi connectivity index (χ0v) is 13.0. The average Bonchev–Trinajstić information content (AvgIpc) is 3.07. The minimum atomic E-state index is 0.346. The van der Waals surface area contributed by atoms with Crippen LogP contribution in [-0.2, 0) is 0 Å². The molecule has 1 N–H and O–H groups in total. The topological polar surface area (TPSA) is 30.5 Å². The molecule has 20 heavy (non-hydrogen) atoms. The molecule has 1 fully saturated rings. The van der Waals surface area contributed by atoms with Gasteiger partial charge in [0, 0.05) is 17.3 Å². The lowest BCUT2D eigenvalue weighted by Gasteiger charge is -2.20. The van der Waals surface area contributed by atoms with E-state index < -0.39 is 0 Å². The Kier molecular flexibility index (Phi) is 4.41. The molecule has 1 aliphatic heterocycles. The number of nitrogens with one attached hydrogen (secondary N) is 1. The second-order valence-electron chi connectivity index (χ2n) is 5.59. The molecule has 3 rings (SSSR count). The van der Waals surface area contributed by atoms with E-state index in [0.717, 1.165) is 16.7 Å². The summed E-state index contributed by atoms with van der Waals surface area (Å²) in [6, 6.07) is 7.27. The highest BCUT2D eigenvalue weighted by atomic mass is 32.2. The van der Waals surface area contributed by atoms with E-state index in [-0.39, 0.29) is 0 Å². The van der Waals surface area contributed by atoms with E-state index >= 15 is 0 Å². The Hall–Kier alpha value is -0.870. The van der Waals surface area contributed by atoms with E-state index in [1.807, 2.05) is 6.07 Å². The Bertz CT molecular complexity index is 466. The lowest BCUT2D eigenvalue weighted by atomic mass is 10.1. The van der Waals surface area contributed by atoms with Crippen molar-refractivity contribution < 1.29 is 9.47 Å². The van der Waals surface area contributed by atoms with Crippen LogP contribution in [0.15, 0.2) is 18.2 Å². The molecule has 0 amide bonds. The average molecular weight is 293 g/mol. The highest BCUT2D eigenvalue weighted by molar-refractivity contribution is 7.99. The molecule has 1 aromatic carbocycles. The quantitative estimate of drug-likeness (QED) is 0.896. The monoisotopic (exact) mass is 293 g/mol. The maximum Gasteiger partial charge on any atom is 0.231 e. The molecule has 4 heteroatoms. The Labute approximate surface area is 125 Å². The van der Waals surface area contributed by atoms with Gasteiger partial charge in [-0.15, -0.1) is 0 Å². The largest absolute Gasteiger partial charge is 0.454 e.